The number of nitrogens with zero attached hydrogens (tertiary/aromatic N) is 2. The maximum absolute atomic E-state index is 12.9. The summed E-state index contributed by atoms with van der Waals surface area (Å²) in [4.78, 5) is 19.2. The van der Waals surface area contributed by atoms with E-state index in [1.807, 2.05) is 50.2 Å². The average molecular weight is 393 g/mol. The second-order valence-electron chi connectivity index (χ2n) is 6.75. The van der Waals surface area contributed by atoms with E-state index in [2.05, 4.69) is 4.98 Å². The van der Waals surface area contributed by atoms with Gasteiger partial charge in [0.25, 0.3) is 0 Å². The van der Waals surface area contributed by atoms with Crippen molar-refractivity contribution in [3.63, 3.8) is 0 Å². The molecule has 1 aliphatic rings. The van der Waals surface area contributed by atoms with Gasteiger partial charge in [-0.2, -0.15) is 0 Å². The maximum Gasteiger partial charge on any atom is 0.233 e. The molecular weight excluding hydrogens is 368 g/mol. The normalized spacial score (nSPS) is 20.2. The summed E-state index contributed by atoms with van der Waals surface area (Å²) in [6, 6.07) is 11.6. The first-order chi connectivity index (χ1) is 12.4. The summed E-state index contributed by atoms with van der Waals surface area (Å²) in [6.07, 6.45) is 1.35. The maximum atomic E-state index is 12.9. The van der Waals surface area contributed by atoms with E-state index < -0.39 is 9.84 Å². The molecule has 1 aliphatic heterocycles. The number of hydrogen-bond acceptors (Lipinski definition) is 5. The van der Waals surface area contributed by atoms with Gasteiger partial charge in [0, 0.05) is 17.5 Å². The Labute approximate surface area is 159 Å². The summed E-state index contributed by atoms with van der Waals surface area (Å²) in [5.74, 6) is 0.521. The molecule has 0 bridgehead atoms. The second kappa shape index (κ2) is 7.96. The number of rotatable bonds is 6. The van der Waals surface area contributed by atoms with E-state index in [4.69, 9.17) is 0 Å². The molecule has 1 aromatic heterocycles. The van der Waals surface area contributed by atoms with Crippen LogP contribution in [0.3, 0.4) is 0 Å². The largest absolute Gasteiger partial charge is 0.335 e. The molecule has 0 saturated carbocycles. The van der Waals surface area contributed by atoms with Crippen molar-refractivity contribution in [2.24, 2.45) is 0 Å². The molecule has 7 heteroatoms. The number of carbonyl (C=O) groups excluding carboxylic acids is 1. The number of aromatic nitrogens is 1. The van der Waals surface area contributed by atoms with Crippen LogP contribution >= 0.6 is 11.8 Å². The SMILES string of the molecule is CC[C@@H](C)N(C(=O)CSc1ccc2ccccc2n1)[C@@H]1CCS(=O)(=O)C1. The standard InChI is InChI=1S/C19H24N2O3S2/c1-3-14(2)21(16-10-11-26(23,24)13-16)19(22)12-25-18-9-8-15-6-4-5-7-17(15)20-18/h4-9,14,16H,3,10-13H2,1-2H3/t14-,16-/m1/s1. The van der Waals surface area contributed by atoms with Crippen LogP contribution in [0.5, 0.6) is 0 Å². The first kappa shape index (κ1) is 19.2. The molecule has 26 heavy (non-hydrogen) atoms. The lowest BCUT2D eigenvalue weighted by atomic mass is 10.1. The Morgan fingerprint density at radius 3 is 2.77 bits per heavy atom. The molecule has 3 rings (SSSR count). The highest BCUT2D eigenvalue weighted by atomic mass is 32.2. The van der Waals surface area contributed by atoms with Gasteiger partial charge in [-0.1, -0.05) is 43.0 Å². The number of benzene rings is 1. The molecule has 0 radical (unpaired) electrons. The first-order valence-electron chi connectivity index (χ1n) is 8.90. The molecule has 0 aliphatic carbocycles. The van der Waals surface area contributed by atoms with Crippen LogP contribution in [0.1, 0.15) is 26.7 Å². The van der Waals surface area contributed by atoms with Crippen LogP contribution in [0.2, 0.25) is 0 Å². The molecule has 1 aromatic carbocycles. The van der Waals surface area contributed by atoms with Gasteiger partial charge >= 0.3 is 0 Å². The van der Waals surface area contributed by atoms with Gasteiger partial charge in [-0.15, -0.1) is 0 Å². The van der Waals surface area contributed by atoms with E-state index in [9.17, 15) is 13.2 Å². The van der Waals surface area contributed by atoms with Crippen LogP contribution in [-0.4, -0.2) is 53.6 Å². The molecule has 0 N–H and O–H groups in total. The predicted molar refractivity (Wildman–Crippen MR) is 106 cm³/mol. The minimum Gasteiger partial charge on any atom is -0.335 e. The van der Waals surface area contributed by atoms with Gasteiger partial charge in [-0.05, 0) is 31.9 Å². The van der Waals surface area contributed by atoms with Crippen molar-refractivity contribution in [1.82, 2.24) is 9.88 Å². The number of carbonyl (C=O) groups is 1. The molecule has 5 nitrogen and oxygen atoms in total. The minimum atomic E-state index is -3.02. The van der Waals surface area contributed by atoms with E-state index in [1.165, 1.54) is 11.8 Å². The fourth-order valence-electron chi connectivity index (χ4n) is 3.34. The molecule has 140 valence electrons. The number of sulfone groups is 1. The van der Waals surface area contributed by atoms with Crippen molar-refractivity contribution in [2.75, 3.05) is 17.3 Å². The van der Waals surface area contributed by atoms with Crippen molar-refractivity contribution in [3.05, 3.63) is 36.4 Å². The molecule has 1 saturated heterocycles. The number of pyridine rings is 1. The summed E-state index contributed by atoms with van der Waals surface area (Å²) in [5, 5.41) is 1.88. The van der Waals surface area contributed by atoms with Crippen LogP contribution in [-0.2, 0) is 14.6 Å². The summed E-state index contributed by atoms with van der Waals surface area (Å²) >= 11 is 1.41. The van der Waals surface area contributed by atoms with Gasteiger partial charge < -0.3 is 4.90 Å². The average Bonchev–Trinajstić information content (AvgIpc) is 2.99. The first-order valence-corrected chi connectivity index (χ1v) is 11.7. The molecular formula is C19H24N2O3S2. The van der Waals surface area contributed by atoms with Gasteiger partial charge in [0.05, 0.1) is 27.8 Å². The van der Waals surface area contributed by atoms with E-state index in [0.717, 1.165) is 22.3 Å². The van der Waals surface area contributed by atoms with Crippen LogP contribution in [0, 0.1) is 0 Å². The quantitative estimate of drug-likeness (QED) is 0.707. The van der Waals surface area contributed by atoms with E-state index in [0.29, 0.717) is 6.42 Å². The second-order valence-corrected chi connectivity index (χ2v) is 9.97. The molecule has 0 spiro atoms. The van der Waals surface area contributed by atoms with Gasteiger partial charge in [-0.3, -0.25) is 4.79 Å². The summed E-state index contributed by atoms with van der Waals surface area (Å²) in [5.41, 5.74) is 0.908. The lowest BCUT2D eigenvalue weighted by molar-refractivity contribution is -0.132. The third kappa shape index (κ3) is 4.38. The lowest BCUT2D eigenvalue weighted by Gasteiger charge is -2.33. The van der Waals surface area contributed by atoms with E-state index >= 15 is 0 Å². The Bertz CT molecular complexity index is 899. The van der Waals surface area contributed by atoms with Crippen molar-refractivity contribution in [1.29, 1.82) is 0 Å². The van der Waals surface area contributed by atoms with Crippen molar-refractivity contribution in [3.8, 4) is 0 Å². The molecule has 2 heterocycles. The van der Waals surface area contributed by atoms with Gasteiger partial charge in [0.15, 0.2) is 9.84 Å². The van der Waals surface area contributed by atoms with Crippen molar-refractivity contribution in [2.45, 2.75) is 43.8 Å². The van der Waals surface area contributed by atoms with Gasteiger partial charge in [-0.25, -0.2) is 13.4 Å². The molecule has 2 atom stereocenters. The van der Waals surface area contributed by atoms with E-state index in [-0.39, 0.29) is 35.2 Å². The van der Waals surface area contributed by atoms with Crippen LogP contribution < -0.4 is 0 Å². The zero-order valence-electron chi connectivity index (χ0n) is 15.1. The molecule has 1 amide bonds. The predicted octanol–water partition coefficient (Wildman–Crippen LogP) is 3.14. The highest BCUT2D eigenvalue weighted by Crippen LogP contribution is 2.25. The molecule has 1 fully saturated rings. The smallest absolute Gasteiger partial charge is 0.233 e. The van der Waals surface area contributed by atoms with Gasteiger partial charge in [0.1, 0.15) is 0 Å². The van der Waals surface area contributed by atoms with Crippen LogP contribution in [0.4, 0.5) is 0 Å². The highest BCUT2D eigenvalue weighted by Gasteiger charge is 2.36. The number of para-hydroxylation sites is 1. The summed E-state index contributed by atoms with van der Waals surface area (Å²) in [6.45, 7) is 4.01. The van der Waals surface area contributed by atoms with Gasteiger partial charge in [0.2, 0.25) is 5.91 Å². The van der Waals surface area contributed by atoms with Crippen LogP contribution in [0.25, 0.3) is 10.9 Å². The zero-order chi connectivity index (χ0) is 18.7. The number of fused-ring (bicyclic) bond motifs is 1. The van der Waals surface area contributed by atoms with E-state index in [1.54, 1.807) is 4.90 Å². The lowest BCUT2D eigenvalue weighted by Crippen LogP contribution is -2.47. The summed E-state index contributed by atoms with van der Waals surface area (Å²) in [7, 11) is -3.02. The number of hydrogen-bond donors (Lipinski definition) is 0. The number of amides is 1. The fourth-order valence-corrected chi connectivity index (χ4v) is 5.80. The molecule has 2 aromatic rings. The Balaban J connectivity index is 1.70. The monoisotopic (exact) mass is 392 g/mol. The topological polar surface area (TPSA) is 67.3 Å². The third-order valence-corrected chi connectivity index (χ3v) is 7.54. The Hall–Kier alpha value is -1.60. The summed E-state index contributed by atoms with van der Waals surface area (Å²) < 4.78 is 23.7. The van der Waals surface area contributed by atoms with Crippen LogP contribution in [0.15, 0.2) is 41.4 Å². The van der Waals surface area contributed by atoms with Crippen molar-refractivity contribution >= 4 is 38.4 Å². The Kier molecular flexibility index (Phi) is 5.87. The fraction of sp³-hybridized carbons (Fsp3) is 0.474. The Morgan fingerprint density at radius 2 is 2.08 bits per heavy atom. The van der Waals surface area contributed by atoms with Crippen molar-refractivity contribution < 1.29 is 13.2 Å². The molecule has 0 unspecified atom stereocenters. The highest BCUT2D eigenvalue weighted by molar-refractivity contribution is 7.99. The minimum absolute atomic E-state index is 0.0126. The number of thioether (sulfide) groups is 1. The Morgan fingerprint density at radius 1 is 1.31 bits per heavy atom. The third-order valence-electron chi connectivity index (χ3n) is 4.87. The zero-order valence-corrected chi connectivity index (χ0v) is 16.7.